The summed E-state index contributed by atoms with van der Waals surface area (Å²) in [4.78, 5) is 52.6. The minimum absolute atomic E-state index is 0.0553. The van der Waals surface area contributed by atoms with Crippen molar-refractivity contribution in [2.75, 3.05) is 19.8 Å². The minimum atomic E-state index is -1.31. The molecule has 1 fully saturated rings. The molecule has 2 aromatic rings. The third-order valence-electron chi connectivity index (χ3n) is 5.33. The number of rotatable bonds is 8. The number of nitrogens with zero attached hydrogens (tertiary/aromatic N) is 1. The number of benzene rings is 1. The number of H-pyrrole nitrogens is 1. The van der Waals surface area contributed by atoms with Crippen molar-refractivity contribution in [3.8, 4) is 0 Å². The van der Waals surface area contributed by atoms with Crippen LogP contribution in [0.25, 0.3) is 10.9 Å². The topological polar surface area (TPSA) is 123 Å². The predicted molar refractivity (Wildman–Crippen MR) is 116 cm³/mol. The lowest BCUT2D eigenvalue weighted by molar-refractivity contribution is -0.144. The average molecular weight is 445 g/mol. The summed E-state index contributed by atoms with van der Waals surface area (Å²) in [7, 11) is 0. The molecule has 3 rings (SSSR count). The van der Waals surface area contributed by atoms with Gasteiger partial charge in [0, 0.05) is 17.4 Å². The highest BCUT2D eigenvalue weighted by molar-refractivity contribution is 6.00. The number of hydrazine groups is 1. The highest BCUT2D eigenvalue weighted by atomic mass is 19.1. The molecule has 0 bridgehead atoms. The van der Waals surface area contributed by atoms with E-state index in [0.717, 1.165) is 15.9 Å². The highest BCUT2D eigenvalue weighted by Gasteiger charge is 2.31. The summed E-state index contributed by atoms with van der Waals surface area (Å²) in [6.45, 7) is 2.80. The normalized spacial score (nSPS) is 16.6. The molecule has 0 saturated carbocycles. The van der Waals surface area contributed by atoms with Crippen LogP contribution in [0.15, 0.2) is 30.3 Å². The van der Waals surface area contributed by atoms with Crippen molar-refractivity contribution < 1.29 is 23.6 Å². The fourth-order valence-corrected chi connectivity index (χ4v) is 3.67. The van der Waals surface area contributed by atoms with Gasteiger partial charge in [-0.2, -0.15) is 0 Å². The number of hydrogen-bond acceptors (Lipinski definition) is 4. The van der Waals surface area contributed by atoms with Gasteiger partial charge in [-0.15, -0.1) is 0 Å². The van der Waals surface area contributed by atoms with E-state index in [4.69, 9.17) is 0 Å². The van der Waals surface area contributed by atoms with Gasteiger partial charge in [0.1, 0.15) is 11.7 Å². The molecule has 2 atom stereocenters. The molecule has 0 radical (unpaired) electrons. The first kappa shape index (κ1) is 23.2. The van der Waals surface area contributed by atoms with E-state index in [1.807, 2.05) is 38.1 Å². The smallest absolute Gasteiger partial charge is 0.272 e. The van der Waals surface area contributed by atoms with E-state index in [-0.39, 0.29) is 18.4 Å². The number of halogens is 1. The van der Waals surface area contributed by atoms with Crippen LogP contribution in [0.4, 0.5) is 4.39 Å². The maximum atomic E-state index is 13.1. The van der Waals surface area contributed by atoms with E-state index in [9.17, 15) is 23.6 Å². The Hall–Kier alpha value is -3.43. The van der Waals surface area contributed by atoms with Crippen LogP contribution in [-0.2, 0) is 14.4 Å². The quantitative estimate of drug-likeness (QED) is 0.457. The molecule has 1 unspecified atom stereocenters. The number of fused-ring (bicyclic) bond motifs is 1. The Bertz CT molecular complexity index is 972. The molecular weight excluding hydrogens is 417 g/mol. The maximum Gasteiger partial charge on any atom is 0.272 e. The lowest BCUT2D eigenvalue weighted by Crippen LogP contribution is -2.56. The zero-order valence-corrected chi connectivity index (χ0v) is 18.1. The van der Waals surface area contributed by atoms with Crippen molar-refractivity contribution in [2.45, 2.75) is 32.7 Å². The standard InChI is InChI=1S/C22H28FN5O4/c1-13(2)9-17(26-21(31)18-10-14-5-3-4-6-16(14)25-18)22(32)27-28(19(29)11-23)12-15-7-8-24-20(15)30/h3-6,10,13,15,17,25H,7-9,11-12H2,1-2H3,(H,24,30)(H,26,31)(H,27,32)/t15-,17?/m1/s1. The Labute approximate surface area is 185 Å². The molecule has 9 nitrogen and oxygen atoms in total. The van der Waals surface area contributed by atoms with E-state index in [1.165, 1.54) is 0 Å². The Morgan fingerprint density at radius 2 is 2.00 bits per heavy atom. The van der Waals surface area contributed by atoms with Crippen LogP contribution >= 0.6 is 0 Å². The fourth-order valence-electron chi connectivity index (χ4n) is 3.67. The molecule has 1 saturated heterocycles. The molecule has 1 aromatic carbocycles. The lowest BCUT2D eigenvalue weighted by Gasteiger charge is -2.27. The van der Waals surface area contributed by atoms with E-state index in [2.05, 4.69) is 21.0 Å². The number of aromatic amines is 1. The van der Waals surface area contributed by atoms with Crippen LogP contribution in [0.2, 0.25) is 0 Å². The zero-order valence-electron chi connectivity index (χ0n) is 18.1. The Balaban J connectivity index is 1.72. The van der Waals surface area contributed by atoms with Crippen molar-refractivity contribution in [3.05, 3.63) is 36.0 Å². The number of nitrogens with one attached hydrogen (secondary N) is 4. The summed E-state index contributed by atoms with van der Waals surface area (Å²) in [6.07, 6.45) is 0.788. The number of para-hydroxylation sites is 1. The van der Waals surface area contributed by atoms with E-state index < -0.39 is 36.4 Å². The van der Waals surface area contributed by atoms with Crippen LogP contribution < -0.4 is 16.1 Å². The second-order valence-electron chi connectivity index (χ2n) is 8.32. The molecule has 172 valence electrons. The third-order valence-corrected chi connectivity index (χ3v) is 5.33. The Kier molecular flexibility index (Phi) is 7.45. The third kappa shape index (κ3) is 5.63. The summed E-state index contributed by atoms with van der Waals surface area (Å²) in [6, 6.07) is 8.13. The maximum absolute atomic E-state index is 13.1. The van der Waals surface area contributed by atoms with Gasteiger partial charge in [-0.25, -0.2) is 4.39 Å². The largest absolute Gasteiger partial charge is 0.356 e. The second kappa shape index (κ2) is 10.3. The van der Waals surface area contributed by atoms with Gasteiger partial charge in [0.2, 0.25) is 5.91 Å². The first-order valence-electron chi connectivity index (χ1n) is 10.6. The molecular formula is C22H28FN5O4. The van der Waals surface area contributed by atoms with Gasteiger partial charge in [-0.3, -0.25) is 29.6 Å². The summed E-state index contributed by atoms with van der Waals surface area (Å²) in [5, 5.41) is 7.03. The SMILES string of the molecule is CC(C)CC(NC(=O)c1cc2ccccc2[nH]1)C(=O)NN(C[C@H]1CCNC1=O)C(=O)CF. The fraction of sp³-hybridized carbons (Fsp3) is 0.455. The second-order valence-corrected chi connectivity index (χ2v) is 8.32. The number of hydrogen-bond donors (Lipinski definition) is 4. The van der Waals surface area contributed by atoms with Gasteiger partial charge in [0.15, 0.2) is 6.67 Å². The molecule has 0 aliphatic carbocycles. The Morgan fingerprint density at radius 3 is 2.62 bits per heavy atom. The molecule has 32 heavy (non-hydrogen) atoms. The van der Waals surface area contributed by atoms with Crippen molar-refractivity contribution in [2.24, 2.45) is 11.8 Å². The van der Waals surface area contributed by atoms with Gasteiger partial charge in [0.25, 0.3) is 17.7 Å². The molecule has 2 heterocycles. The molecule has 0 spiro atoms. The van der Waals surface area contributed by atoms with E-state index >= 15 is 0 Å². The minimum Gasteiger partial charge on any atom is -0.356 e. The number of amides is 4. The molecule has 1 aromatic heterocycles. The first-order chi connectivity index (χ1) is 15.3. The molecule has 4 amide bonds. The van der Waals surface area contributed by atoms with Crippen LogP contribution in [0.3, 0.4) is 0 Å². The summed E-state index contributed by atoms with van der Waals surface area (Å²) in [5.74, 6) is -2.80. The Morgan fingerprint density at radius 1 is 1.25 bits per heavy atom. The summed E-state index contributed by atoms with van der Waals surface area (Å²) >= 11 is 0. The van der Waals surface area contributed by atoms with E-state index in [1.54, 1.807) is 6.07 Å². The van der Waals surface area contributed by atoms with E-state index in [0.29, 0.717) is 25.1 Å². The van der Waals surface area contributed by atoms with Gasteiger partial charge in [-0.05, 0) is 30.9 Å². The molecule has 4 N–H and O–H groups in total. The highest BCUT2D eigenvalue weighted by Crippen LogP contribution is 2.16. The molecule has 1 aliphatic heterocycles. The van der Waals surface area contributed by atoms with Gasteiger partial charge in [-0.1, -0.05) is 32.0 Å². The van der Waals surface area contributed by atoms with Crippen molar-refractivity contribution in [3.63, 3.8) is 0 Å². The average Bonchev–Trinajstić information content (AvgIpc) is 3.37. The van der Waals surface area contributed by atoms with Crippen LogP contribution in [-0.4, -0.2) is 59.4 Å². The van der Waals surface area contributed by atoms with Gasteiger partial charge < -0.3 is 15.6 Å². The van der Waals surface area contributed by atoms with Gasteiger partial charge >= 0.3 is 0 Å². The van der Waals surface area contributed by atoms with Crippen molar-refractivity contribution in [1.82, 2.24) is 26.1 Å². The number of carbonyl (C=O) groups is 4. The molecule has 10 heteroatoms. The zero-order chi connectivity index (χ0) is 23.3. The summed E-state index contributed by atoms with van der Waals surface area (Å²) < 4.78 is 13.1. The first-order valence-corrected chi connectivity index (χ1v) is 10.6. The summed E-state index contributed by atoms with van der Waals surface area (Å²) in [5.41, 5.74) is 3.49. The van der Waals surface area contributed by atoms with Crippen molar-refractivity contribution >= 4 is 34.5 Å². The van der Waals surface area contributed by atoms with Crippen LogP contribution in [0, 0.1) is 11.8 Å². The number of alkyl halides is 1. The lowest BCUT2D eigenvalue weighted by atomic mass is 10.0. The van der Waals surface area contributed by atoms with Crippen LogP contribution in [0.5, 0.6) is 0 Å². The number of aromatic nitrogens is 1. The molecule has 1 aliphatic rings. The van der Waals surface area contributed by atoms with Crippen molar-refractivity contribution in [1.29, 1.82) is 0 Å². The van der Waals surface area contributed by atoms with Gasteiger partial charge in [0.05, 0.1) is 12.5 Å². The number of carbonyl (C=O) groups excluding carboxylic acids is 4. The monoisotopic (exact) mass is 445 g/mol. The predicted octanol–water partition coefficient (Wildman–Crippen LogP) is 1.28. The van der Waals surface area contributed by atoms with Crippen LogP contribution in [0.1, 0.15) is 37.2 Å².